The van der Waals surface area contributed by atoms with Crippen molar-refractivity contribution in [3.05, 3.63) is 53.1 Å². The molecule has 0 saturated carbocycles. The summed E-state index contributed by atoms with van der Waals surface area (Å²) in [6.45, 7) is 2.07. The van der Waals surface area contributed by atoms with Gasteiger partial charge in [0.05, 0.1) is 11.4 Å². The van der Waals surface area contributed by atoms with E-state index in [9.17, 15) is 5.11 Å². The number of pyridine rings is 1. The maximum Gasteiger partial charge on any atom is 0.193 e. The van der Waals surface area contributed by atoms with Gasteiger partial charge in [0.2, 0.25) is 0 Å². The first-order chi connectivity index (χ1) is 9.28. The fourth-order valence-corrected chi connectivity index (χ4v) is 2.94. The number of rotatable bonds is 4. The summed E-state index contributed by atoms with van der Waals surface area (Å²) in [6.07, 6.45) is 6.44. The standard InChI is InChI=1S/C14H15N3OS/c1-2-10-4-3-5-15-13(10)12(18)8-11-9-17-6-7-19-14(17)16-11/h3-7,9,12,18H,2,8H2,1H3. The fraction of sp³-hybridized carbons (Fsp3) is 0.286. The molecule has 0 aliphatic carbocycles. The van der Waals surface area contributed by atoms with Gasteiger partial charge in [0.15, 0.2) is 4.96 Å². The minimum Gasteiger partial charge on any atom is -0.386 e. The van der Waals surface area contributed by atoms with Crippen molar-refractivity contribution in [1.82, 2.24) is 14.4 Å². The average Bonchev–Trinajstić information content (AvgIpc) is 2.99. The average molecular weight is 273 g/mol. The minimum atomic E-state index is -0.597. The van der Waals surface area contributed by atoms with Crippen LogP contribution in [0.25, 0.3) is 4.96 Å². The van der Waals surface area contributed by atoms with Crippen LogP contribution < -0.4 is 0 Å². The highest BCUT2D eigenvalue weighted by Crippen LogP contribution is 2.21. The van der Waals surface area contributed by atoms with Crippen LogP contribution in [0, 0.1) is 0 Å². The molecule has 1 N–H and O–H groups in total. The predicted molar refractivity (Wildman–Crippen MR) is 75.3 cm³/mol. The number of nitrogens with zero attached hydrogens (tertiary/aromatic N) is 3. The normalized spacial score (nSPS) is 12.9. The van der Waals surface area contributed by atoms with E-state index < -0.39 is 6.10 Å². The molecule has 3 aromatic rings. The first-order valence-electron chi connectivity index (χ1n) is 6.31. The molecular weight excluding hydrogens is 258 g/mol. The third kappa shape index (κ3) is 2.39. The van der Waals surface area contributed by atoms with Gasteiger partial charge in [-0.2, -0.15) is 0 Å². The lowest BCUT2D eigenvalue weighted by molar-refractivity contribution is 0.171. The molecule has 0 aliphatic heterocycles. The summed E-state index contributed by atoms with van der Waals surface area (Å²) in [7, 11) is 0. The van der Waals surface area contributed by atoms with Crippen LogP contribution in [0.4, 0.5) is 0 Å². The van der Waals surface area contributed by atoms with Crippen LogP contribution in [0.1, 0.15) is 30.0 Å². The van der Waals surface area contributed by atoms with Gasteiger partial charge in [0.1, 0.15) is 6.10 Å². The highest BCUT2D eigenvalue weighted by molar-refractivity contribution is 7.15. The van der Waals surface area contributed by atoms with Gasteiger partial charge in [-0.25, -0.2) is 4.98 Å². The van der Waals surface area contributed by atoms with Crippen LogP contribution in [0.2, 0.25) is 0 Å². The van der Waals surface area contributed by atoms with Gasteiger partial charge >= 0.3 is 0 Å². The van der Waals surface area contributed by atoms with E-state index in [1.54, 1.807) is 17.5 Å². The van der Waals surface area contributed by atoms with Crippen molar-refractivity contribution in [2.75, 3.05) is 0 Å². The summed E-state index contributed by atoms with van der Waals surface area (Å²) in [5.41, 5.74) is 2.75. The number of hydrogen-bond donors (Lipinski definition) is 1. The van der Waals surface area contributed by atoms with Crippen molar-refractivity contribution in [2.45, 2.75) is 25.9 Å². The number of fused-ring (bicyclic) bond motifs is 1. The van der Waals surface area contributed by atoms with Gasteiger partial charge in [-0.1, -0.05) is 13.0 Å². The van der Waals surface area contributed by atoms with Gasteiger partial charge < -0.3 is 5.11 Å². The number of aryl methyl sites for hydroxylation is 1. The van der Waals surface area contributed by atoms with Crippen LogP contribution >= 0.6 is 11.3 Å². The highest BCUT2D eigenvalue weighted by Gasteiger charge is 2.15. The summed E-state index contributed by atoms with van der Waals surface area (Å²) < 4.78 is 1.98. The first kappa shape index (κ1) is 12.3. The van der Waals surface area contributed by atoms with Crippen molar-refractivity contribution in [2.24, 2.45) is 0 Å². The molecule has 4 nitrogen and oxygen atoms in total. The Kier molecular flexibility index (Phi) is 3.31. The second kappa shape index (κ2) is 5.11. The molecule has 1 unspecified atom stereocenters. The molecule has 0 aromatic carbocycles. The second-order valence-corrected chi connectivity index (χ2v) is 5.32. The zero-order valence-corrected chi connectivity index (χ0v) is 11.5. The van der Waals surface area contributed by atoms with Crippen molar-refractivity contribution >= 4 is 16.3 Å². The lowest BCUT2D eigenvalue weighted by atomic mass is 10.0. The highest BCUT2D eigenvalue weighted by atomic mass is 32.1. The molecule has 3 heterocycles. The quantitative estimate of drug-likeness (QED) is 0.795. The van der Waals surface area contributed by atoms with Crippen LogP contribution in [-0.2, 0) is 12.8 Å². The minimum absolute atomic E-state index is 0.498. The molecule has 0 saturated heterocycles. The number of thiazole rings is 1. The molecule has 1 atom stereocenters. The molecule has 19 heavy (non-hydrogen) atoms. The van der Waals surface area contributed by atoms with E-state index in [1.165, 1.54) is 0 Å². The molecule has 3 rings (SSSR count). The molecule has 5 heteroatoms. The Hall–Kier alpha value is -1.72. The number of aliphatic hydroxyl groups excluding tert-OH is 1. The number of hydrogen-bond acceptors (Lipinski definition) is 4. The van der Waals surface area contributed by atoms with E-state index in [1.807, 2.05) is 34.3 Å². The third-order valence-electron chi connectivity index (χ3n) is 3.17. The van der Waals surface area contributed by atoms with Crippen LogP contribution in [0.3, 0.4) is 0 Å². The maximum atomic E-state index is 10.3. The van der Waals surface area contributed by atoms with Gasteiger partial charge in [-0.3, -0.25) is 9.38 Å². The lowest BCUT2D eigenvalue weighted by Gasteiger charge is -2.12. The molecular formula is C14H15N3OS. The fourth-order valence-electron chi connectivity index (χ4n) is 2.22. The molecule has 98 valence electrons. The van der Waals surface area contributed by atoms with Crippen molar-refractivity contribution < 1.29 is 5.11 Å². The Balaban J connectivity index is 1.84. The van der Waals surface area contributed by atoms with E-state index in [4.69, 9.17) is 0 Å². The SMILES string of the molecule is CCc1cccnc1C(O)Cc1cn2ccsc2n1. The Morgan fingerprint density at radius 1 is 1.47 bits per heavy atom. The molecule has 3 aromatic heterocycles. The molecule has 0 bridgehead atoms. The van der Waals surface area contributed by atoms with E-state index in [0.29, 0.717) is 6.42 Å². The van der Waals surface area contributed by atoms with Crippen LogP contribution in [-0.4, -0.2) is 19.5 Å². The van der Waals surface area contributed by atoms with Gasteiger partial charge in [-0.15, -0.1) is 11.3 Å². The topological polar surface area (TPSA) is 50.4 Å². The maximum absolute atomic E-state index is 10.3. The summed E-state index contributed by atoms with van der Waals surface area (Å²) in [5, 5.41) is 12.3. The first-order valence-corrected chi connectivity index (χ1v) is 7.19. The number of imidazole rings is 1. The Morgan fingerprint density at radius 3 is 3.16 bits per heavy atom. The Labute approximate surface area is 115 Å². The summed E-state index contributed by atoms with van der Waals surface area (Å²) >= 11 is 1.59. The van der Waals surface area contributed by atoms with E-state index in [-0.39, 0.29) is 0 Å². The van der Waals surface area contributed by atoms with Crippen LogP contribution in [0.15, 0.2) is 36.1 Å². The molecule has 0 amide bonds. The Morgan fingerprint density at radius 2 is 2.37 bits per heavy atom. The largest absolute Gasteiger partial charge is 0.386 e. The Bertz CT molecular complexity index is 660. The monoisotopic (exact) mass is 273 g/mol. The second-order valence-electron chi connectivity index (χ2n) is 4.45. The van der Waals surface area contributed by atoms with Gasteiger partial charge in [0, 0.05) is 30.4 Å². The number of aliphatic hydroxyl groups is 1. The number of aromatic nitrogens is 3. The van der Waals surface area contributed by atoms with Gasteiger partial charge in [-0.05, 0) is 18.1 Å². The molecule has 0 aliphatic rings. The predicted octanol–water partition coefficient (Wildman–Crippen LogP) is 2.63. The third-order valence-corrected chi connectivity index (χ3v) is 3.94. The zero-order chi connectivity index (χ0) is 13.2. The van der Waals surface area contributed by atoms with Crippen molar-refractivity contribution in [3.63, 3.8) is 0 Å². The van der Waals surface area contributed by atoms with E-state index >= 15 is 0 Å². The van der Waals surface area contributed by atoms with E-state index in [2.05, 4.69) is 16.9 Å². The zero-order valence-electron chi connectivity index (χ0n) is 10.7. The summed E-state index contributed by atoms with van der Waals surface area (Å²) in [4.78, 5) is 9.75. The molecule has 0 spiro atoms. The summed E-state index contributed by atoms with van der Waals surface area (Å²) in [6, 6.07) is 3.92. The van der Waals surface area contributed by atoms with Crippen molar-refractivity contribution in [3.8, 4) is 0 Å². The van der Waals surface area contributed by atoms with E-state index in [0.717, 1.165) is 28.3 Å². The molecule has 0 radical (unpaired) electrons. The lowest BCUT2D eigenvalue weighted by Crippen LogP contribution is -2.07. The smallest absolute Gasteiger partial charge is 0.193 e. The van der Waals surface area contributed by atoms with Crippen LogP contribution in [0.5, 0.6) is 0 Å². The summed E-state index contributed by atoms with van der Waals surface area (Å²) in [5.74, 6) is 0. The molecule has 0 fully saturated rings. The van der Waals surface area contributed by atoms with Gasteiger partial charge in [0.25, 0.3) is 0 Å². The van der Waals surface area contributed by atoms with Crippen molar-refractivity contribution in [1.29, 1.82) is 0 Å².